The molecule has 2 amide bonds. The molecule has 0 radical (unpaired) electrons. The summed E-state index contributed by atoms with van der Waals surface area (Å²) in [5.74, 6) is -1.21. The van der Waals surface area contributed by atoms with E-state index in [0.717, 1.165) is 19.3 Å². The molecule has 1 aliphatic carbocycles. The lowest BCUT2D eigenvalue weighted by Crippen LogP contribution is -2.47. The quantitative estimate of drug-likeness (QED) is 0.791. The molecule has 3 rings (SSSR count). The number of carbonyl (C=O) groups is 2. The maximum Gasteiger partial charge on any atom is 0.326 e. The molecule has 0 bridgehead atoms. The van der Waals surface area contributed by atoms with Crippen LogP contribution in [0.2, 0.25) is 0 Å². The van der Waals surface area contributed by atoms with Crippen molar-refractivity contribution in [2.45, 2.75) is 31.7 Å². The zero-order chi connectivity index (χ0) is 15.5. The molecule has 2 unspecified atom stereocenters. The highest BCUT2D eigenvalue weighted by atomic mass is 16.5. The molecule has 1 aliphatic heterocycles. The number of amides is 2. The van der Waals surface area contributed by atoms with Gasteiger partial charge in [-0.15, -0.1) is 0 Å². The molecule has 1 saturated heterocycles. The van der Waals surface area contributed by atoms with E-state index in [4.69, 9.17) is 4.74 Å². The predicted molar refractivity (Wildman–Crippen MR) is 81.0 cm³/mol. The summed E-state index contributed by atoms with van der Waals surface area (Å²) in [6.07, 6.45) is 3.91. The molecule has 3 N–H and O–H groups in total. The van der Waals surface area contributed by atoms with E-state index in [2.05, 4.69) is 10.6 Å². The lowest BCUT2D eigenvalue weighted by molar-refractivity contribution is -0.140. The first-order valence-electron chi connectivity index (χ1n) is 7.63. The first-order valence-corrected chi connectivity index (χ1v) is 7.63. The Morgan fingerprint density at radius 3 is 2.82 bits per heavy atom. The van der Waals surface area contributed by atoms with E-state index in [1.54, 1.807) is 0 Å². The van der Waals surface area contributed by atoms with E-state index in [9.17, 15) is 14.7 Å². The van der Waals surface area contributed by atoms with Crippen molar-refractivity contribution in [2.24, 2.45) is 5.92 Å². The summed E-state index contributed by atoms with van der Waals surface area (Å²) in [6.45, 7) is 0.915. The molecular weight excluding hydrogens is 284 g/mol. The minimum Gasteiger partial charge on any atom is -0.480 e. The molecule has 1 heterocycles. The first-order chi connectivity index (χ1) is 10.6. The number of benzene rings is 1. The number of carboxylic acids is 1. The fraction of sp³-hybridized carbons (Fsp3) is 0.500. The standard InChI is InChI=1S/C16H20N2O4/c19-15(20)14(12-6-7-22-9-12)18-16(21)17-13-5-4-10-2-1-3-11(10)8-13/h4-5,8,12,14H,1-3,6-7,9H2,(H,19,20)(H2,17,18,21). The number of hydrogen-bond acceptors (Lipinski definition) is 3. The number of fused-ring (bicyclic) bond motifs is 1. The summed E-state index contributed by atoms with van der Waals surface area (Å²) < 4.78 is 5.20. The Morgan fingerprint density at radius 2 is 2.09 bits per heavy atom. The normalized spacial score (nSPS) is 21.2. The van der Waals surface area contributed by atoms with E-state index in [0.29, 0.717) is 25.3 Å². The zero-order valence-corrected chi connectivity index (χ0v) is 12.3. The van der Waals surface area contributed by atoms with E-state index < -0.39 is 18.0 Å². The van der Waals surface area contributed by atoms with Crippen LogP contribution in [-0.4, -0.2) is 36.4 Å². The van der Waals surface area contributed by atoms with E-state index >= 15 is 0 Å². The maximum atomic E-state index is 12.1. The fourth-order valence-corrected chi connectivity index (χ4v) is 3.15. The van der Waals surface area contributed by atoms with Gasteiger partial charge in [0.2, 0.25) is 0 Å². The van der Waals surface area contributed by atoms with Crippen LogP contribution in [0.15, 0.2) is 18.2 Å². The second-order valence-corrected chi connectivity index (χ2v) is 5.88. The summed E-state index contributed by atoms with van der Waals surface area (Å²) in [5, 5.41) is 14.5. The van der Waals surface area contributed by atoms with Crippen LogP contribution in [0, 0.1) is 5.92 Å². The molecule has 6 nitrogen and oxygen atoms in total. The van der Waals surface area contributed by atoms with Crippen LogP contribution in [0.5, 0.6) is 0 Å². The topological polar surface area (TPSA) is 87.7 Å². The van der Waals surface area contributed by atoms with Gasteiger partial charge in [-0.25, -0.2) is 9.59 Å². The molecular formula is C16H20N2O4. The van der Waals surface area contributed by atoms with Crippen molar-refractivity contribution in [1.29, 1.82) is 0 Å². The zero-order valence-electron chi connectivity index (χ0n) is 12.3. The second kappa shape index (κ2) is 6.36. The van der Waals surface area contributed by atoms with E-state index in [-0.39, 0.29) is 5.92 Å². The Bertz CT molecular complexity index is 582. The number of urea groups is 1. The Balaban J connectivity index is 1.62. The molecule has 2 aliphatic rings. The lowest BCUT2D eigenvalue weighted by atomic mass is 9.99. The highest BCUT2D eigenvalue weighted by Crippen LogP contribution is 2.25. The number of ether oxygens (including phenoxy) is 1. The van der Waals surface area contributed by atoms with Crippen LogP contribution >= 0.6 is 0 Å². The predicted octanol–water partition coefficient (Wildman–Crippen LogP) is 1.79. The minimum absolute atomic E-state index is 0.178. The van der Waals surface area contributed by atoms with Crippen LogP contribution in [0.3, 0.4) is 0 Å². The number of carbonyl (C=O) groups excluding carboxylic acids is 1. The number of aliphatic carboxylic acids is 1. The fourth-order valence-electron chi connectivity index (χ4n) is 3.15. The number of carboxylic acid groups (broad SMARTS) is 1. The third-order valence-electron chi connectivity index (χ3n) is 4.35. The lowest BCUT2D eigenvalue weighted by Gasteiger charge is -2.20. The summed E-state index contributed by atoms with van der Waals surface area (Å²) in [7, 11) is 0. The van der Waals surface area contributed by atoms with Gasteiger partial charge in [0.05, 0.1) is 6.61 Å². The molecule has 0 spiro atoms. The van der Waals surface area contributed by atoms with Gasteiger partial charge in [0.1, 0.15) is 6.04 Å². The maximum absolute atomic E-state index is 12.1. The van der Waals surface area contributed by atoms with Crippen molar-refractivity contribution in [3.8, 4) is 0 Å². The van der Waals surface area contributed by atoms with Crippen molar-refractivity contribution < 1.29 is 19.4 Å². The third-order valence-corrected chi connectivity index (χ3v) is 4.35. The molecule has 1 aromatic carbocycles. The van der Waals surface area contributed by atoms with Gasteiger partial charge < -0.3 is 20.5 Å². The van der Waals surface area contributed by atoms with Crippen LogP contribution in [-0.2, 0) is 22.4 Å². The van der Waals surface area contributed by atoms with Crippen LogP contribution in [0.1, 0.15) is 24.0 Å². The van der Waals surface area contributed by atoms with Gasteiger partial charge in [0.25, 0.3) is 0 Å². The number of rotatable bonds is 4. The van der Waals surface area contributed by atoms with Crippen molar-refractivity contribution in [3.63, 3.8) is 0 Å². The van der Waals surface area contributed by atoms with Gasteiger partial charge in [0, 0.05) is 18.2 Å². The number of hydrogen-bond donors (Lipinski definition) is 3. The first kappa shape index (κ1) is 14.8. The van der Waals surface area contributed by atoms with Gasteiger partial charge in [-0.05, 0) is 48.9 Å². The third kappa shape index (κ3) is 3.22. The minimum atomic E-state index is -1.03. The summed E-state index contributed by atoms with van der Waals surface area (Å²) in [4.78, 5) is 23.4. The van der Waals surface area contributed by atoms with Crippen molar-refractivity contribution >= 4 is 17.7 Å². The van der Waals surface area contributed by atoms with Gasteiger partial charge >= 0.3 is 12.0 Å². The SMILES string of the molecule is O=C(Nc1ccc2c(c1)CCC2)NC(C(=O)O)C1CCOC1. The number of aryl methyl sites for hydroxylation is 2. The highest BCUT2D eigenvalue weighted by molar-refractivity contribution is 5.92. The molecule has 22 heavy (non-hydrogen) atoms. The summed E-state index contributed by atoms with van der Waals surface area (Å²) >= 11 is 0. The number of anilines is 1. The van der Waals surface area contributed by atoms with Gasteiger partial charge in [-0.1, -0.05) is 6.07 Å². The molecule has 0 aromatic heterocycles. The Kier molecular flexibility index (Phi) is 4.29. The Labute approximate surface area is 128 Å². The molecule has 0 saturated carbocycles. The monoisotopic (exact) mass is 304 g/mol. The molecule has 1 fully saturated rings. The Morgan fingerprint density at radius 1 is 1.27 bits per heavy atom. The second-order valence-electron chi connectivity index (χ2n) is 5.88. The van der Waals surface area contributed by atoms with E-state index in [1.165, 1.54) is 11.1 Å². The van der Waals surface area contributed by atoms with Crippen LogP contribution < -0.4 is 10.6 Å². The molecule has 6 heteroatoms. The molecule has 2 atom stereocenters. The molecule has 1 aromatic rings. The Hall–Kier alpha value is -2.08. The highest BCUT2D eigenvalue weighted by Gasteiger charge is 2.32. The summed E-state index contributed by atoms with van der Waals surface area (Å²) in [6, 6.07) is 4.44. The van der Waals surface area contributed by atoms with Crippen molar-refractivity contribution in [1.82, 2.24) is 5.32 Å². The van der Waals surface area contributed by atoms with Crippen LogP contribution in [0.4, 0.5) is 10.5 Å². The van der Waals surface area contributed by atoms with Crippen LogP contribution in [0.25, 0.3) is 0 Å². The summed E-state index contributed by atoms with van der Waals surface area (Å²) in [5.41, 5.74) is 3.29. The molecule has 118 valence electrons. The van der Waals surface area contributed by atoms with Gasteiger partial charge in [0.15, 0.2) is 0 Å². The van der Waals surface area contributed by atoms with E-state index in [1.807, 2.05) is 18.2 Å². The van der Waals surface area contributed by atoms with Gasteiger partial charge in [-0.2, -0.15) is 0 Å². The smallest absolute Gasteiger partial charge is 0.326 e. The average Bonchev–Trinajstić information content (AvgIpc) is 3.15. The average molecular weight is 304 g/mol. The number of nitrogens with one attached hydrogen (secondary N) is 2. The van der Waals surface area contributed by atoms with Crippen molar-refractivity contribution in [2.75, 3.05) is 18.5 Å². The van der Waals surface area contributed by atoms with Crippen molar-refractivity contribution in [3.05, 3.63) is 29.3 Å². The largest absolute Gasteiger partial charge is 0.480 e. The van der Waals surface area contributed by atoms with Gasteiger partial charge in [-0.3, -0.25) is 0 Å².